The topological polar surface area (TPSA) is 61.2 Å². The highest BCUT2D eigenvalue weighted by Gasteiger charge is 2.14. The van der Waals surface area contributed by atoms with Gasteiger partial charge in [-0.05, 0) is 17.7 Å². The van der Waals surface area contributed by atoms with Gasteiger partial charge in [-0.2, -0.15) is 0 Å². The van der Waals surface area contributed by atoms with Crippen LogP contribution in [0.3, 0.4) is 0 Å². The Morgan fingerprint density at radius 3 is 3.06 bits per heavy atom. The Labute approximate surface area is 105 Å². The molecule has 5 nitrogen and oxygen atoms in total. The molecule has 2 heterocycles. The molecule has 0 fully saturated rings. The summed E-state index contributed by atoms with van der Waals surface area (Å²) < 4.78 is 6.47. The van der Waals surface area contributed by atoms with E-state index in [0.717, 1.165) is 0 Å². The smallest absolute Gasteiger partial charge is 0.325 e. The lowest BCUT2D eigenvalue weighted by molar-refractivity contribution is -0.141. The van der Waals surface area contributed by atoms with Crippen molar-refractivity contribution in [2.45, 2.75) is 11.7 Å². The molecule has 90 valence electrons. The molecule has 0 aliphatic heterocycles. The first-order valence-corrected chi connectivity index (χ1v) is 6.86. The average molecular weight is 270 g/mol. The van der Waals surface area contributed by atoms with Crippen molar-refractivity contribution in [2.24, 2.45) is 0 Å². The van der Waals surface area contributed by atoms with Gasteiger partial charge in [-0.15, -0.1) is 11.3 Å². The number of fused-ring (bicyclic) bond motifs is 1. The number of thioether (sulfide) groups is 1. The molecule has 0 saturated heterocycles. The van der Waals surface area contributed by atoms with E-state index in [1.165, 1.54) is 34.8 Å². The predicted octanol–water partition coefficient (Wildman–Crippen LogP) is 1.35. The fourth-order valence-electron chi connectivity index (χ4n) is 1.41. The van der Waals surface area contributed by atoms with Gasteiger partial charge in [0.1, 0.15) is 11.2 Å². The molecule has 0 aliphatic rings. The van der Waals surface area contributed by atoms with Gasteiger partial charge in [0.2, 0.25) is 0 Å². The van der Waals surface area contributed by atoms with E-state index in [1.807, 2.05) is 11.6 Å². The molecule has 7 heteroatoms. The van der Waals surface area contributed by atoms with Crippen molar-refractivity contribution in [1.82, 2.24) is 9.55 Å². The van der Waals surface area contributed by atoms with Crippen molar-refractivity contribution >= 4 is 39.3 Å². The number of carbonyl (C=O) groups excluding carboxylic acids is 1. The van der Waals surface area contributed by atoms with Gasteiger partial charge in [0.15, 0.2) is 5.16 Å². The maximum atomic E-state index is 12.1. The van der Waals surface area contributed by atoms with Crippen molar-refractivity contribution in [3.8, 4) is 0 Å². The van der Waals surface area contributed by atoms with Crippen LogP contribution in [0.15, 0.2) is 21.4 Å². The molecular weight excluding hydrogens is 260 g/mol. The Hall–Kier alpha value is -1.34. The fraction of sp³-hybridized carbons (Fsp3) is 0.300. The number of hydrogen-bond donors (Lipinski definition) is 0. The largest absolute Gasteiger partial charge is 0.468 e. The van der Waals surface area contributed by atoms with E-state index in [2.05, 4.69) is 9.72 Å². The molecule has 0 bridgehead atoms. The molecule has 0 unspecified atom stereocenters. The number of rotatable bonds is 3. The van der Waals surface area contributed by atoms with E-state index < -0.39 is 5.97 Å². The third kappa shape index (κ3) is 2.20. The highest BCUT2D eigenvalue weighted by molar-refractivity contribution is 7.98. The van der Waals surface area contributed by atoms with Crippen LogP contribution in [-0.4, -0.2) is 28.9 Å². The summed E-state index contributed by atoms with van der Waals surface area (Å²) in [4.78, 5) is 27.7. The zero-order valence-corrected chi connectivity index (χ0v) is 10.9. The number of nitrogens with zero attached hydrogens (tertiary/aromatic N) is 2. The summed E-state index contributed by atoms with van der Waals surface area (Å²) in [5.74, 6) is -0.458. The average Bonchev–Trinajstić information content (AvgIpc) is 2.80. The lowest BCUT2D eigenvalue weighted by Gasteiger charge is -2.08. The quantitative estimate of drug-likeness (QED) is 0.478. The standard InChI is InChI=1S/C10H10N2O3S2/c1-15-7(13)5-12-9(14)8-6(3-4-17-8)11-10(12)16-2/h3-4H,5H2,1-2H3. The molecular formula is C10H10N2O3S2. The molecule has 0 aromatic carbocycles. The first-order chi connectivity index (χ1) is 8.17. The van der Waals surface area contributed by atoms with Crippen LogP contribution in [0.25, 0.3) is 10.2 Å². The van der Waals surface area contributed by atoms with Crippen LogP contribution in [0.1, 0.15) is 0 Å². The van der Waals surface area contributed by atoms with Crippen LogP contribution in [0.2, 0.25) is 0 Å². The van der Waals surface area contributed by atoms with Crippen LogP contribution in [0.5, 0.6) is 0 Å². The molecule has 0 atom stereocenters. The van der Waals surface area contributed by atoms with Gasteiger partial charge in [-0.1, -0.05) is 11.8 Å². The maximum absolute atomic E-state index is 12.1. The zero-order valence-electron chi connectivity index (χ0n) is 9.30. The molecule has 2 aromatic heterocycles. The summed E-state index contributed by atoms with van der Waals surface area (Å²) >= 11 is 2.65. The van der Waals surface area contributed by atoms with Gasteiger partial charge >= 0.3 is 5.97 Å². The molecule has 2 aromatic rings. The minimum atomic E-state index is -0.458. The number of methoxy groups -OCH3 is 1. The van der Waals surface area contributed by atoms with Crippen LogP contribution < -0.4 is 5.56 Å². The molecule has 0 spiro atoms. The second-order valence-corrected chi connectivity index (χ2v) is 4.89. The normalized spacial score (nSPS) is 10.7. The van der Waals surface area contributed by atoms with E-state index in [0.29, 0.717) is 15.4 Å². The lowest BCUT2D eigenvalue weighted by atomic mass is 10.4. The monoisotopic (exact) mass is 270 g/mol. The SMILES string of the molecule is COC(=O)Cn1c(SC)nc2ccsc2c1=O. The Morgan fingerprint density at radius 2 is 2.41 bits per heavy atom. The summed E-state index contributed by atoms with van der Waals surface area (Å²) in [5, 5.41) is 2.33. The number of aromatic nitrogens is 2. The Morgan fingerprint density at radius 1 is 1.65 bits per heavy atom. The highest BCUT2D eigenvalue weighted by atomic mass is 32.2. The van der Waals surface area contributed by atoms with Crippen LogP contribution in [0, 0.1) is 0 Å². The van der Waals surface area contributed by atoms with Gasteiger partial charge in [0.25, 0.3) is 5.56 Å². The van der Waals surface area contributed by atoms with Crippen molar-refractivity contribution in [3.63, 3.8) is 0 Å². The van der Waals surface area contributed by atoms with Crippen molar-refractivity contribution in [1.29, 1.82) is 0 Å². The first-order valence-electron chi connectivity index (χ1n) is 4.76. The zero-order chi connectivity index (χ0) is 12.4. The van der Waals surface area contributed by atoms with Gasteiger partial charge in [-0.3, -0.25) is 14.2 Å². The van der Waals surface area contributed by atoms with Crippen molar-refractivity contribution < 1.29 is 9.53 Å². The Kier molecular flexibility index (Phi) is 3.49. The van der Waals surface area contributed by atoms with Crippen molar-refractivity contribution in [2.75, 3.05) is 13.4 Å². The number of thiophene rings is 1. The summed E-state index contributed by atoms with van der Waals surface area (Å²) in [7, 11) is 1.29. The minimum Gasteiger partial charge on any atom is -0.468 e. The van der Waals surface area contributed by atoms with Crippen LogP contribution in [0.4, 0.5) is 0 Å². The number of hydrogen-bond acceptors (Lipinski definition) is 6. The molecule has 0 aliphatic carbocycles. The molecule has 0 radical (unpaired) electrons. The van der Waals surface area contributed by atoms with Gasteiger partial charge in [0, 0.05) is 0 Å². The van der Waals surface area contributed by atoms with Crippen molar-refractivity contribution in [3.05, 3.63) is 21.8 Å². The lowest BCUT2D eigenvalue weighted by Crippen LogP contribution is -2.26. The molecule has 0 amide bonds. The van der Waals surface area contributed by atoms with Gasteiger partial charge < -0.3 is 4.74 Å². The predicted molar refractivity (Wildman–Crippen MR) is 67.7 cm³/mol. The first kappa shape index (κ1) is 12.1. The third-order valence-corrected chi connectivity index (χ3v) is 3.80. The molecule has 0 N–H and O–H groups in total. The Balaban J connectivity index is 2.62. The second kappa shape index (κ2) is 4.89. The number of carbonyl (C=O) groups is 1. The number of ether oxygens (including phenoxy) is 1. The number of esters is 1. The van der Waals surface area contributed by atoms with E-state index in [-0.39, 0.29) is 12.1 Å². The fourth-order valence-corrected chi connectivity index (χ4v) is 2.75. The molecule has 0 saturated carbocycles. The summed E-state index contributed by atoms with van der Waals surface area (Å²) in [6.07, 6.45) is 1.81. The van der Waals surface area contributed by atoms with Crippen LogP contribution >= 0.6 is 23.1 Å². The summed E-state index contributed by atoms with van der Waals surface area (Å²) in [6, 6.07) is 1.80. The highest BCUT2D eigenvalue weighted by Crippen LogP contribution is 2.19. The van der Waals surface area contributed by atoms with E-state index >= 15 is 0 Å². The van der Waals surface area contributed by atoms with Gasteiger partial charge in [0.05, 0.1) is 12.6 Å². The minimum absolute atomic E-state index is 0.105. The maximum Gasteiger partial charge on any atom is 0.325 e. The third-order valence-electron chi connectivity index (χ3n) is 2.23. The Bertz CT molecular complexity index is 618. The van der Waals surface area contributed by atoms with E-state index in [4.69, 9.17) is 0 Å². The van der Waals surface area contributed by atoms with E-state index in [1.54, 1.807) is 6.07 Å². The second-order valence-electron chi connectivity index (χ2n) is 3.20. The van der Waals surface area contributed by atoms with Crippen LogP contribution in [-0.2, 0) is 16.1 Å². The summed E-state index contributed by atoms with van der Waals surface area (Å²) in [6.45, 7) is -0.105. The summed E-state index contributed by atoms with van der Waals surface area (Å²) in [5.41, 5.74) is 0.477. The van der Waals surface area contributed by atoms with E-state index in [9.17, 15) is 9.59 Å². The molecule has 17 heavy (non-hydrogen) atoms. The molecule has 2 rings (SSSR count). The van der Waals surface area contributed by atoms with Gasteiger partial charge in [-0.25, -0.2) is 4.98 Å².